The highest BCUT2D eigenvalue weighted by Crippen LogP contribution is 2.27. The first-order chi connectivity index (χ1) is 10.3. The number of para-hydroxylation sites is 2. The van der Waals surface area contributed by atoms with Gasteiger partial charge in [0.05, 0.1) is 19.9 Å². The summed E-state index contributed by atoms with van der Waals surface area (Å²) in [5.74, 6) is 1.01. The number of aromatic nitrogens is 3. The van der Waals surface area contributed by atoms with Crippen LogP contribution >= 0.6 is 0 Å². The Labute approximate surface area is 122 Å². The molecule has 1 aromatic heterocycles. The zero-order valence-corrected chi connectivity index (χ0v) is 11.6. The van der Waals surface area contributed by atoms with Crippen LogP contribution < -0.4 is 4.74 Å². The normalized spacial score (nSPS) is 10.5. The summed E-state index contributed by atoms with van der Waals surface area (Å²) in [6.45, 7) is 0.467. The van der Waals surface area contributed by atoms with E-state index in [1.807, 2.05) is 42.6 Å². The summed E-state index contributed by atoms with van der Waals surface area (Å²) in [6, 6.07) is 14.9. The van der Waals surface area contributed by atoms with Gasteiger partial charge in [0.1, 0.15) is 17.2 Å². The Kier molecular flexibility index (Phi) is 3.55. The van der Waals surface area contributed by atoms with E-state index in [1.165, 1.54) is 0 Å². The fourth-order valence-corrected chi connectivity index (χ4v) is 2.17. The summed E-state index contributed by atoms with van der Waals surface area (Å²) in [5, 5.41) is 18.1. The van der Waals surface area contributed by atoms with E-state index >= 15 is 0 Å². The van der Waals surface area contributed by atoms with E-state index in [-0.39, 0.29) is 5.75 Å². The minimum atomic E-state index is 0.256. The van der Waals surface area contributed by atoms with Gasteiger partial charge in [0.15, 0.2) is 0 Å². The van der Waals surface area contributed by atoms with Crippen LogP contribution in [0.3, 0.4) is 0 Å². The van der Waals surface area contributed by atoms with E-state index in [0.29, 0.717) is 6.54 Å². The SMILES string of the molecule is COc1ccccc1-c1cn(Cc2ccccc2O)nn1. The molecule has 3 aromatic rings. The molecule has 1 heterocycles. The van der Waals surface area contributed by atoms with Crippen molar-refractivity contribution in [2.45, 2.75) is 6.54 Å². The Morgan fingerprint density at radius 3 is 2.67 bits per heavy atom. The van der Waals surface area contributed by atoms with Crippen LogP contribution in [0.1, 0.15) is 5.56 Å². The molecule has 0 fully saturated rings. The van der Waals surface area contributed by atoms with Crippen LogP contribution in [0.25, 0.3) is 11.3 Å². The third-order valence-corrected chi connectivity index (χ3v) is 3.25. The van der Waals surface area contributed by atoms with Crippen LogP contribution in [0.15, 0.2) is 54.7 Å². The number of methoxy groups -OCH3 is 1. The van der Waals surface area contributed by atoms with Gasteiger partial charge in [0.25, 0.3) is 0 Å². The minimum absolute atomic E-state index is 0.256. The minimum Gasteiger partial charge on any atom is -0.508 e. The second-order valence-corrected chi connectivity index (χ2v) is 4.63. The number of phenolic OH excluding ortho intramolecular Hbond substituents is 1. The number of hydrogen-bond acceptors (Lipinski definition) is 4. The number of aromatic hydroxyl groups is 1. The quantitative estimate of drug-likeness (QED) is 0.798. The average molecular weight is 281 g/mol. The van der Waals surface area contributed by atoms with Crippen molar-refractivity contribution in [2.75, 3.05) is 7.11 Å². The van der Waals surface area contributed by atoms with Gasteiger partial charge in [0, 0.05) is 11.1 Å². The molecule has 0 aliphatic heterocycles. The van der Waals surface area contributed by atoms with Crippen LogP contribution in [-0.4, -0.2) is 27.2 Å². The van der Waals surface area contributed by atoms with E-state index in [2.05, 4.69) is 10.3 Å². The molecule has 1 N–H and O–H groups in total. The second-order valence-electron chi connectivity index (χ2n) is 4.63. The average Bonchev–Trinajstić information content (AvgIpc) is 2.98. The standard InChI is InChI=1S/C16H15N3O2/c1-21-16-9-5-3-7-13(16)14-11-19(18-17-14)10-12-6-2-4-8-15(12)20/h2-9,11,20H,10H2,1H3. The lowest BCUT2D eigenvalue weighted by Gasteiger charge is -2.04. The van der Waals surface area contributed by atoms with Crippen molar-refractivity contribution in [3.8, 4) is 22.8 Å². The van der Waals surface area contributed by atoms with Crippen molar-refractivity contribution in [3.05, 3.63) is 60.3 Å². The lowest BCUT2D eigenvalue weighted by Crippen LogP contribution is -2.00. The van der Waals surface area contributed by atoms with Crippen molar-refractivity contribution in [3.63, 3.8) is 0 Å². The smallest absolute Gasteiger partial charge is 0.128 e. The molecule has 0 unspecified atom stereocenters. The zero-order chi connectivity index (χ0) is 14.7. The Morgan fingerprint density at radius 2 is 1.86 bits per heavy atom. The summed E-state index contributed by atoms with van der Waals surface area (Å²) in [5.41, 5.74) is 2.43. The predicted molar refractivity (Wildman–Crippen MR) is 79.2 cm³/mol. The third kappa shape index (κ3) is 2.72. The van der Waals surface area contributed by atoms with Crippen molar-refractivity contribution >= 4 is 0 Å². The van der Waals surface area contributed by atoms with E-state index < -0.39 is 0 Å². The maximum atomic E-state index is 9.80. The Hall–Kier alpha value is -2.82. The number of rotatable bonds is 4. The molecular formula is C16H15N3O2. The molecule has 21 heavy (non-hydrogen) atoms. The molecular weight excluding hydrogens is 266 g/mol. The molecule has 0 aliphatic rings. The Bertz CT molecular complexity index is 753. The first-order valence-electron chi connectivity index (χ1n) is 6.58. The monoisotopic (exact) mass is 281 g/mol. The maximum absolute atomic E-state index is 9.80. The van der Waals surface area contributed by atoms with Crippen LogP contribution in [0, 0.1) is 0 Å². The van der Waals surface area contributed by atoms with Gasteiger partial charge in [-0.3, -0.25) is 0 Å². The molecule has 0 radical (unpaired) electrons. The maximum Gasteiger partial charge on any atom is 0.128 e. The first kappa shape index (κ1) is 13.2. The van der Waals surface area contributed by atoms with Crippen LogP contribution in [0.5, 0.6) is 11.5 Å². The molecule has 0 amide bonds. The first-order valence-corrected chi connectivity index (χ1v) is 6.58. The van der Waals surface area contributed by atoms with Gasteiger partial charge in [0.2, 0.25) is 0 Å². The predicted octanol–water partition coefficient (Wildman–Crippen LogP) is 2.71. The number of ether oxygens (including phenoxy) is 1. The molecule has 2 aromatic carbocycles. The third-order valence-electron chi connectivity index (χ3n) is 3.25. The lowest BCUT2D eigenvalue weighted by molar-refractivity contribution is 0.416. The molecule has 0 aliphatic carbocycles. The van der Waals surface area contributed by atoms with Gasteiger partial charge >= 0.3 is 0 Å². The highest BCUT2D eigenvalue weighted by atomic mass is 16.5. The molecule has 5 heteroatoms. The number of benzene rings is 2. The van der Waals surface area contributed by atoms with E-state index in [1.54, 1.807) is 23.9 Å². The Morgan fingerprint density at radius 1 is 1.10 bits per heavy atom. The van der Waals surface area contributed by atoms with Crippen molar-refractivity contribution in [1.82, 2.24) is 15.0 Å². The van der Waals surface area contributed by atoms with Crippen LogP contribution in [0.4, 0.5) is 0 Å². The zero-order valence-electron chi connectivity index (χ0n) is 11.6. The fourth-order valence-electron chi connectivity index (χ4n) is 2.17. The molecule has 0 atom stereocenters. The summed E-state index contributed by atoms with van der Waals surface area (Å²) < 4.78 is 7.02. The highest BCUT2D eigenvalue weighted by Gasteiger charge is 2.10. The second kappa shape index (κ2) is 5.66. The van der Waals surface area contributed by atoms with Crippen molar-refractivity contribution in [2.24, 2.45) is 0 Å². The summed E-state index contributed by atoms with van der Waals surface area (Å²) >= 11 is 0. The molecule has 0 spiro atoms. The van der Waals surface area contributed by atoms with Gasteiger partial charge in [-0.05, 0) is 18.2 Å². The van der Waals surface area contributed by atoms with E-state index in [0.717, 1.165) is 22.6 Å². The summed E-state index contributed by atoms with van der Waals surface area (Å²) in [6.07, 6.45) is 1.84. The molecule has 0 saturated heterocycles. The lowest BCUT2D eigenvalue weighted by atomic mass is 10.1. The van der Waals surface area contributed by atoms with Gasteiger partial charge in [-0.25, -0.2) is 4.68 Å². The summed E-state index contributed by atoms with van der Waals surface area (Å²) in [7, 11) is 1.63. The van der Waals surface area contributed by atoms with Crippen LogP contribution in [0.2, 0.25) is 0 Å². The topological polar surface area (TPSA) is 60.2 Å². The number of phenols is 1. The van der Waals surface area contributed by atoms with Gasteiger partial charge in [-0.15, -0.1) is 5.10 Å². The number of nitrogens with zero attached hydrogens (tertiary/aromatic N) is 3. The largest absolute Gasteiger partial charge is 0.508 e. The highest BCUT2D eigenvalue weighted by molar-refractivity contribution is 5.66. The van der Waals surface area contributed by atoms with E-state index in [4.69, 9.17) is 4.74 Å². The van der Waals surface area contributed by atoms with Gasteiger partial charge in [-0.2, -0.15) is 0 Å². The van der Waals surface area contributed by atoms with Crippen molar-refractivity contribution < 1.29 is 9.84 Å². The van der Waals surface area contributed by atoms with Crippen molar-refractivity contribution in [1.29, 1.82) is 0 Å². The molecule has 5 nitrogen and oxygen atoms in total. The Balaban J connectivity index is 1.89. The molecule has 106 valence electrons. The molecule has 0 saturated carbocycles. The molecule has 3 rings (SSSR count). The summed E-state index contributed by atoms with van der Waals surface area (Å²) in [4.78, 5) is 0. The number of hydrogen-bond donors (Lipinski definition) is 1. The fraction of sp³-hybridized carbons (Fsp3) is 0.125. The van der Waals surface area contributed by atoms with Gasteiger partial charge in [-0.1, -0.05) is 35.5 Å². The van der Waals surface area contributed by atoms with Gasteiger partial charge < -0.3 is 9.84 Å². The van der Waals surface area contributed by atoms with E-state index in [9.17, 15) is 5.11 Å². The van der Waals surface area contributed by atoms with Crippen LogP contribution in [-0.2, 0) is 6.54 Å². The molecule has 0 bridgehead atoms.